The maximum absolute atomic E-state index is 13.3. The Balaban J connectivity index is 1.14. The number of aliphatic hydroxyl groups is 1. The molecule has 0 spiro atoms. The van der Waals surface area contributed by atoms with Crippen LogP contribution in [0.25, 0.3) is 11.1 Å². The number of hydrogen-bond acceptors (Lipinski definition) is 6. The van der Waals surface area contributed by atoms with Gasteiger partial charge in [0, 0.05) is 43.1 Å². The van der Waals surface area contributed by atoms with E-state index in [0.717, 1.165) is 88.8 Å². The minimum atomic E-state index is -0.527. The zero-order chi connectivity index (χ0) is 24.8. The summed E-state index contributed by atoms with van der Waals surface area (Å²) in [6.07, 6.45) is 9.95. The van der Waals surface area contributed by atoms with E-state index in [9.17, 15) is 9.90 Å². The number of nitrogens with zero attached hydrogens (tertiary/aromatic N) is 2. The van der Waals surface area contributed by atoms with E-state index in [1.807, 2.05) is 6.07 Å². The van der Waals surface area contributed by atoms with Crippen molar-refractivity contribution < 1.29 is 14.6 Å². The van der Waals surface area contributed by atoms with Gasteiger partial charge in [-0.1, -0.05) is 24.3 Å². The number of carbonyl (C=O) groups excluding carboxylic acids is 1. The van der Waals surface area contributed by atoms with Crippen molar-refractivity contribution in [1.29, 1.82) is 0 Å². The van der Waals surface area contributed by atoms with Crippen LogP contribution in [0.3, 0.4) is 0 Å². The quantitative estimate of drug-likeness (QED) is 0.588. The fourth-order valence-corrected chi connectivity index (χ4v) is 6.87. The fraction of sp³-hybridized carbons (Fsp3) is 0.586. The molecule has 3 aliphatic carbocycles. The Labute approximate surface area is 213 Å². The summed E-state index contributed by atoms with van der Waals surface area (Å²) in [7, 11) is 0. The normalized spacial score (nSPS) is 31.0. The van der Waals surface area contributed by atoms with Gasteiger partial charge in [-0.2, -0.15) is 0 Å². The lowest BCUT2D eigenvalue weighted by Crippen LogP contribution is -2.58. The number of rotatable bonds is 5. The molecule has 1 atom stereocenters. The van der Waals surface area contributed by atoms with Gasteiger partial charge in [-0.25, -0.2) is 4.98 Å². The van der Waals surface area contributed by atoms with Crippen molar-refractivity contribution >= 4 is 11.7 Å². The van der Waals surface area contributed by atoms with Gasteiger partial charge in [-0.05, 0) is 87.4 Å². The summed E-state index contributed by atoms with van der Waals surface area (Å²) < 4.78 is 5.54. The highest BCUT2D eigenvalue weighted by molar-refractivity contribution is 5.99. The van der Waals surface area contributed by atoms with Gasteiger partial charge in [-0.3, -0.25) is 9.69 Å². The van der Waals surface area contributed by atoms with Crippen molar-refractivity contribution in [2.75, 3.05) is 32.0 Å². The zero-order valence-corrected chi connectivity index (χ0v) is 21.0. The molecule has 4 N–H and O–H groups in total. The van der Waals surface area contributed by atoms with E-state index < -0.39 is 5.60 Å². The van der Waals surface area contributed by atoms with Gasteiger partial charge in [0.2, 0.25) is 0 Å². The van der Waals surface area contributed by atoms with E-state index >= 15 is 0 Å². The van der Waals surface area contributed by atoms with Crippen molar-refractivity contribution in [3.63, 3.8) is 0 Å². The number of nitrogens with two attached hydrogens (primary N) is 1. The van der Waals surface area contributed by atoms with Crippen molar-refractivity contribution in [2.24, 2.45) is 0 Å². The largest absolute Gasteiger partial charge is 0.390 e. The number of nitrogen functional groups attached to an aromatic ring is 1. The first-order valence-electron chi connectivity index (χ1n) is 13.6. The number of anilines is 1. The van der Waals surface area contributed by atoms with Crippen LogP contribution in [0.15, 0.2) is 36.5 Å². The Bertz CT molecular complexity index is 1090. The second-order valence-corrected chi connectivity index (χ2v) is 11.6. The Morgan fingerprint density at radius 2 is 1.72 bits per heavy atom. The number of carbonyl (C=O) groups is 1. The Morgan fingerprint density at radius 3 is 2.42 bits per heavy atom. The molecule has 36 heavy (non-hydrogen) atoms. The highest BCUT2D eigenvalue weighted by Crippen LogP contribution is 2.47. The predicted molar refractivity (Wildman–Crippen MR) is 140 cm³/mol. The number of likely N-dealkylation sites (tertiary alicyclic amines) is 1. The van der Waals surface area contributed by atoms with Gasteiger partial charge in [0.1, 0.15) is 5.82 Å². The molecule has 1 aromatic carbocycles. The first-order valence-corrected chi connectivity index (χ1v) is 13.6. The lowest BCUT2D eigenvalue weighted by atomic mass is 9.63. The average molecular weight is 491 g/mol. The summed E-state index contributed by atoms with van der Waals surface area (Å²) in [6, 6.07) is 11.3. The third kappa shape index (κ3) is 4.64. The van der Waals surface area contributed by atoms with Crippen LogP contribution in [0, 0.1) is 0 Å². The minimum Gasteiger partial charge on any atom is -0.390 e. The molecule has 1 aromatic heterocycles. The highest BCUT2D eigenvalue weighted by Gasteiger charge is 2.48. The first-order chi connectivity index (χ1) is 17.4. The molecule has 1 unspecified atom stereocenters. The fourth-order valence-electron chi connectivity index (χ4n) is 6.87. The molecule has 5 aliphatic rings. The number of benzene rings is 1. The second kappa shape index (κ2) is 9.43. The summed E-state index contributed by atoms with van der Waals surface area (Å²) >= 11 is 0. The minimum absolute atomic E-state index is 0.162. The molecule has 7 nitrogen and oxygen atoms in total. The number of amides is 1. The summed E-state index contributed by atoms with van der Waals surface area (Å²) in [4.78, 5) is 20.3. The van der Waals surface area contributed by atoms with Gasteiger partial charge >= 0.3 is 0 Å². The number of hydrogen-bond donors (Lipinski definition) is 3. The van der Waals surface area contributed by atoms with Crippen LogP contribution >= 0.6 is 0 Å². The molecule has 7 heteroatoms. The Hall–Kier alpha value is -2.48. The van der Waals surface area contributed by atoms with Gasteiger partial charge in [-0.15, -0.1) is 0 Å². The molecule has 3 heterocycles. The lowest BCUT2D eigenvalue weighted by Gasteiger charge is -2.51. The molecule has 0 radical (unpaired) electrons. The molecule has 5 fully saturated rings. The van der Waals surface area contributed by atoms with E-state index in [0.29, 0.717) is 17.5 Å². The number of aromatic nitrogens is 1. The predicted octanol–water partition coefficient (Wildman–Crippen LogP) is 3.87. The Kier molecular flexibility index (Phi) is 6.26. The zero-order valence-electron chi connectivity index (χ0n) is 21.0. The smallest absolute Gasteiger partial charge is 0.255 e. The number of nitrogens with one attached hydrogen (secondary N) is 1. The van der Waals surface area contributed by atoms with E-state index in [1.54, 1.807) is 6.20 Å². The molecule has 3 saturated carbocycles. The van der Waals surface area contributed by atoms with Crippen molar-refractivity contribution in [3.05, 3.63) is 47.7 Å². The molecule has 7 rings (SSSR count). The molecular weight excluding hydrogens is 452 g/mol. The second-order valence-electron chi connectivity index (χ2n) is 11.6. The van der Waals surface area contributed by atoms with Crippen molar-refractivity contribution in [3.8, 4) is 11.1 Å². The number of fused-ring (bicyclic) bond motifs is 3. The number of ether oxygens (including phenoxy) is 1. The van der Waals surface area contributed by atoms with Crippen LogP contribution in [0.5, 0.6) is 0 Å². The monoisotopic (exact) mass is 490 g/mol. The van der Waals surface area contributed by atoms with Crippen molar-refractivity contribution in [1.82, 2.24) is 15.2 Å². The summed E-state index contributed by atoms with van der Waals surface area (Å²) in [5.41, 5.74) is 9.14. The van der Waals surface area contributed by atoms with Crippen molar-refractivity contribution in [2.45, 2.75) is 80.9 Å². The summed E-state index contributed by atoms with van der Waals surface area (Å²) in [5.74, 6) is 0.659. The topological polar surface area (TPSA) is 101 Å². The highest BCUT2D eigenvalue weighted by atomic mass is 16.5. The molecule has 2 aromatic rings. The first kappa shape index (κ1) is 23.9. The molecule has 192 valence electrons. The number of pyridine rings is 1. The van der Waals surface area contributed by atoms with Gasteiger partial charge in [0.15, 0.2) is 0 Å². The SMILES string of the molecule is Nc1ncc(-c2ccc(C3CCN(C4CCOCC4)C3)cc2)cc1C(=O)NC12CCC(O)(CC1)CC2. The van der Waals surface area contributed by atoms with Crippen LogP contribution in [-0.4, -0.2) is 64.4 Å². The summed E-state index contributed by atoms with van der Waals surface area (Å²) in [6.45, 7) is 4.07. The van der Waals surface area contributed by atoms with Gasteiger partial charge in [0.05, 0.1) is 11.2 Å². The summed E-state index contributed by atoms with van der Waals surface area (Å²) in [5, 5.41) is 13.8. The van der Waals surface area contributed by atoms with E-state index in [2.05, 4.69) is 39.5 Å². The van der Waals surface area contributed by atoms with Crippen LogP contribution in [0.2, 0.25) is 0 Å². The molecule has 2 saturated heterocycles. The Morgan fingerprint density at radius 1 is 1.03 bits per heavy atom. The van der Waals surface area contributed by atoms with E-state index in [4.69, 9.17) is 10.5 Å². The van der Waals surface area contributed by atoms with E-state index in [1.165, 1.54) is 12.0 Å². The third-order valence-corrected chi connectivity index (χ3v) is 9.39. The maximum Gasteiger partial charge on any atom is 0.255 e. The molecule has 1 amide bonds. The van der Waals surface area contributed by atoms with E-state index in [-0.39, 0.29) is 17.3 Å². The maximum atomic E-state index is 13.3. The molecular formula is C29H38N4O3. The third-order valence-electron chi connectivity index (χ3n) is 9.39. The average Bonchev–Trinajstić information content (AvgIpc) is 3.41. The molecule has 2 bridgehead atoms. The van der Waals surface area contributed by atoms with Gasteiger partial charge < -0.3 is 20.9 Å². The van der Waals surface area contributed by atoms with Crippen LogP contribution in [-0.2, 0) is 4.74 Å². The van der Waals surface area contributed by atoms with Crippen LogP contribution in [0.1, 0.15) is 79.6 Å². The van der Waals surface area contributed by atoms with Crippen LogP contribution < -0.4 is 11.1 Å². The van der Waals surface area contributed by atoms with Crippen LogP contribution in [0.4, 0.5) is 5.82 Å². The van der Waals surface area contributed by atoms with Gasteiger partial charge in [0.25, 0.3) is 5.91 Å². The molecule has 2 aliphatic heterocycles. The lowest BCUT2D eigenvalue weighted by molar-refractivity contribution is -0.0702. The standard InChI is InChI=1S/C29H38N4O3/c30-26-25(27(34)32-28-8-11-29(35,12-9-28)13-10-28)17-23(18-31-26)21-3-1-20(2-4-21)22-5-14-33(19-22)24-6-15-36-16-7-24/h1-4,17-18,22,24,35H,5-16,19H2,(H2,30,31)(H,32,34).